The van der Waals surface area contributed by atoms with E-state index < -0.39 is 5.79 Å². The number of hydrogen-bond acceptors (Lipinski definition) is 9. The van der Waals surface area contributed by atoms with E-state index in [1.54, 1.807) is 0 Å². The summed E-state index contributed by atoms with van der Waals surface area (Å²) >= 11 is 0. The fourth-order valence-electron chi connectivity index (χ4n) is 5.85. The third kappa shape index (κ3) is 4.44. The minimum Gasteiger partial charge on any atom is -0.378 e. The average Bonchev–Trinajstić information content (AvgIpc) is 3.72. The predicted octanol–water partition coefficient (Wildman–Crippen LogP) is 3.09. The Balaban J connectivity index is 1.32. The molecule has 1 aromatic carbocycles. The first-order chi connectivity index (χ1) is 19.1. The lowest BCUT2D eigenvalue weighted by Crippen LogP contribution is -2.46. The van der Waals surface area contributed by atoms with E-state index in [4.69, 9.17) is 29.2 Å². The van der Waals surface area contributed by atoms with Crippen molar-refractivity contribution in [1.29, 1.82) is 0 Å². The predicted molar refractivity (Wildman–Crippen MR) is 148 cm³/mol. The van der Waals surface area contributed by atoms with Gasteiger partial charge in [0.2, 0.25) is 5.95 Å². The normalized spacial score (nSPS) is 19.4. The maximum Gasteiger partial charge on any atom is 0.207 e. The number of imidazole rings is 1. The Morgan fingerprint density at radius 1 is 0.872 bits per heavy atom. The fraction of sp³-hybridized carbons (Fsp3) is 0.500. The van der Waals surface area contributed by atoms with Gasteiger partial charge in [-0.3, -0.25) is 9.25 Å². The van der Waals surface area contributed by atoms with Crippen LogP contribution in [0.25, 0.3) is 33.8 Å². The van der Waals surface area contributed by atoms with Gasteiger partial charge in [0.05, 0.1) is 32.1 Å². The van der Waals surface area contributed by atoms with Gasteiger partial charge >= 0.3 is 0 Å². The van der Waals surface area contributed by atoms with Crippen LogP contribution in [0.4, 0.5) is 11.8 Å². The highest BCUT2D eigenvalue weighted by molar-refractivity contribution is 5.88. The second-order valence-corrected chi connectivity index (χ2v) is 10.3. The number of rotatable bonds is 5. The molecule has 0 bridgehead atoms. The van der Waals surface area contributed by atoms with Gasteiger partial charge in [-0.1, -0.05) is 18.2 Å². The molecule has 3 aliphatic heterocycles. The molecular weight excluding hydrogens is 496 g/mol. The molecule has 0 aliphatic carbocycles. The van der Waals surface area contributed by atoms with Crippen molar-refractivity contribution >= 4 is 22.9 Å². The molecule has 0 atom stereocenters. The van der Waals surface area contributed by atoms with E-state index in [0.717, 1.165) is 85.3 Å². The lowest BCUT2D eigenvalue weighted by molar-refractivity contribution is -0.169. The molecule has 0 saturated carbocycles. The summed E-state index contributed by atoms with van der Waals surface area (Å²) in [5.41, 5.74) is 4.61. The summed E-state index contributed by atoms with van der Waals surface area (Å²) in [4.78, 5) is 20.1. The van der Waals surface area contributed by atoms with Crippen molar-refractivity contribution in [1.82, 2.24) is 29.3 Å². The smallest absolute Gasteiger partial charge is 0.207 e. The van der Waals surface area contributed by atoms with Crippen LogP contribution in [-0.2, 0) is 27.8 Å². The van der Waals surface area contributed by atoms with Crippen LogP contribution in [0.2, 0.25) is 0 Å². The molecule has 7 rings (SSSR count). The lowest BCUT2D eigenvalue weighted by Gasteiger charge is -2.38. The first kappa shape index (κ1) is 24.5. The van der Waals surface area contributed by atoms with Crippen LogP contribution in [0.15, 0.2) is 36.5 Å². The SMILES string of the molecule is CCn1c(N2CCC3(CC2)OCCO3)nc2c(N3CCOCC3)nc(-c3cccc(-c4ccn(C)n4)c3)nc21. The molecule has 3 aliphatic rings. The largest absolute Gasteiger partial charge is 0.378 e. The summed E-state index contributed by atoms with van der Waals surface area (Å²) in [6, 6.07) is 10.3. The molecule has 4 aromatic rings. The van der Waals surface area contributed by atoms with Crippen molar-refractivity contribution in [2.75, 3.05) is 62.4 Å². The van der Waals surface area contributed by atoms with Gasteiger partial charge < -0.3 is 24.0 Å². The molecule has 11 nitrogen and oxygen atoms in total. The van der Waals surface area contributed by atoms with E-state index in [-0.39, 0.29) is 0 Å². The Kier molecular flexibility index (Phi) is 6.21. The third-order valence-corrected chi connectivity index (χ3v) is 7.93. The fourth-order valence-corrected chi connectivity index (χ4v) is 5.85. The summed E-state index contributed by atoms with van der Waals surface area (Å²) in [5, 5.41) is 4.58. The first-order valence-electron chi connectivity index (χ1n) is 13.9. The Bertz CT molecular complexity index is 1480. The van der Waals surface area contributed by atoms with Crippen molar-refractivity contribution in [2.24, 2.45) is 7.05 Å². The molecule has 1 spiro atoms. The van der Waals surface area contributed by atoms with Crippen molar-refractivity contribution in [3.8, 4) is 22.6 Å². The zero-order valence-electron chi connectivity index (χ0n) is 22.5. The summed E-state index contributed by atoms with van der Waals surface area (Å²) in [6.07, 6.45) is 3.61. The summed E-state index contributed by atoms with van der Waals surface area (Å²) < 4.78 is 21.6. The minimum atomic E-state index is -0.426. The van der Waals surface area contributed by atoms with E-state index in [2.05, 4.69) is 44.6 Å². The quantitative estimate of drug-likeness (QED) is 0.386. The van der Waals surface area contributed by atoms with E-state index in [1.165, 1.54) is 0 Å². The second kappa shape index (κ2) is 9.89. The molecule has 6 heterocycles. The maximum absolute atomic E-state index is 5.96. The molecule has 0 unspecified atom stereocenters. The highest BCUT2D eigenvalue weighted by atomic mass is 16.7. The molecule has 3 fully saturated rings. The van der Waals surface area contributed by atoms with Gasteiger partial charge in [0, 0.05) is 69.9 Å². The highest BCUT2D eigenvalue weighted by Crippen LogP contribution is 2.36. The standard InChI is InChI=1S/C28H34N8O3/c1-3-36-26-23(29-27(36)35-11-8-28(9-12-35)38-17-18-39-28)25(34-13-15-37-16-14-34)30-24(31-26)21-6-4-5-20(19-21)22-7-10-33(2)32-22/h4-7,10,19H,3,8-9,11-18H2,1-2H3. The minimum absolute atomic E-state index is 0.426. The van der Waals surface area contributed by atoms with Crippen LogP contribution in [0.1, 0.15) is 19.8 Å². The molecule has 0 radical (unpaired) electrons. The van der Waals surface area contributed by atoms with E-state index in [0.29, 0.717) is 32.3 Å². The number of benzene rings is 1. The monoisotopic (exact) mass is 530 g/mol. The Morgan fingerprint density at radius 3 is 2.36 bits per heavy atom. The van der Waals surface area contributed by atoms with Gasteiger partial charge in [0.1, 0.15) is 0 Å². The lowest BCUT2D eigenvalue weighted by atomic mass is 10.0. The van der Waals surface area contributed by atoms with Gasteiger partial charge in [-0.25, -0.2) is 15.0 Å². The zero-order valence-corrected chi connectivity index (χ0v) is 22.5. The number of piperidine rings is 1. The second-order valence-electron chi connectivity index (χ2n) is 10.3. The Hall–Kier alpha value is -3.54. The summed E-state index contributed by atoms with van der Waals surface area (Å²) in [5.74, 6) is 2.06. The van der Waals surface area contributed by atoms with E-state index in [1.807, 2.05) is 30.1 Å². The van der Waals surface area contributed by atoms with Gasteiger partial charge in [-0.05, 0) is 19.1 Å². The number of ether oxygens (including phenoxy) is 3. The number of aromatic nitrogens is 6. The van der Waals surface area contributed by atoms with Crippen LogP contribution < -0.4 is 9.80 Å². The molecule has 3 saturated heterocycles. The van der Waals surface area contributed by atoms with Gasteiger partial charge in [0.25, 0.3) is 0 Å². The number of aryl methyl sites for hydroxylation is 2. The highest BCUT2D eigenvalue weighted by Gasteiger charge is 2.41. The first-order valence-corrected chi connectivity index (χ1v) is 13.9. The van der Waals surface area contributed by atoms with Gasteiger partial charge in [-0.2, -0.15) is 5.10 Å². The summed E-state index contributed by atoms with van der Waals surface area (Å²) in [7, 11) is 1.93. The van der Waals surface area contributed by atoms with Gasteiger partial charge in [-0.15, -0.1) is 0 Å². The molecule has 11 heteroatoms. The number of nitrogens with zero attached hydrogens (tertiary/aromatic N) is 8. The molecular formula is C28H34N8O3. The van der Waals surface area contributed by atoms with Crippen molar-refractivity contribution in [2.45, 2.75) is 32.1 Å². The zero-order chi connectivity index (χ0) is 26.4. The van der Waals surface area contributed by atoms with Crippen LogP contribution in [0.3, 0.4) is 0 Å². The van der Waals surface area contributed by atoms with Crippen LogP contribution in [0.5, 0.6) is 0 Å². The number of hydrogen-bond donors (Lipinski definition) is 0. The molecule has 0 amide bonds. The summed E-state index contributed by atoms with van der Waals surface area (Å²) in [6.45, 7) is 8.79. The molecule has 0 N–H and O–H groups in total. The third-order valence-electron chi connectivity index (χ3n) is 7.93. The van der Waals surface area contributed by atoms with E-state index >= 15 is 0 Å². The Morgan fingerprint density at radius 2 is 1.64 bits per heavy atom. The van der Waals surface area contributed by atoms with Crippen molar-refractivity contribution < 1.29 is 14.2 Å². The van der Waals surface area contributed by atoms with Crippen LogP contribution in [-0.4, -0.2) is 87.7 Å². The maximum atomic E-state index is 5.96. The number of morpholine rings is 1. The topological polar surface area (TPSA) is 95.6 Å². The average molecular weight is 531 g/mol. The number of fused-ring (bicyclic) bond motifs is 1. The number of anilines is 2. The van der Waals surface area contributed by atoms with Crippen molar-refractivity contribution in [3.05, 3.63) is 36.5 Å². The molecule has 3 aromatic heterocycles. The molecule has 204 valence electrons. The van der Waals surface area contributed by atoms with Gasteiger partial charge in [0.15, 0.2) is 28.6 Å². The van der Waals surface area contributed by atoms with Crippen LogP contribution in [0, 0.1) is 0 Å². The van der Waals surface area contributed by atoms with E-state index in [9.17, 15) is 0 Å². The Labute approximate surface area is 227 Å². The van der Waals surface area contributed by atoms with Crippen LogP contribution >= 0.6 is 0 Å². The van der Waals surface area contributed by atoms with Crippen molar-refractivity contribution in [3.63, 3.8) is 0 Å². The molecule has 39 heavy (non-hydrogen) atoms.